The van der Waals surface area contributed by atoms with E-state index in [1.54, 1.807) is 7.11 Å². The molecule has 1 aliphatic rings. The Hall–Kier alpha value is -0.980. The van der Waals surface area contributed by atoms with Crippen LogP contribution in [0, 0.1) is 0 Å². The second-order valence-corrected chi connectivity index (χ2v) is 4.61. The van der Waals surface area contributed by atoms with Gasteiger partial charge < -0.3 is 19.7 Å². The summed E-state index contributed by atoms with van der Waals surface area (Å²) in [4.78, 5) is 4.38. The highest BCUT2D eigenvalue weighted by molar-refractivity contribution is 5.03. The van der Waals surface area contributed by atoms with E-state index in [1.165, 1.54) is 6.42 Å². The zero-order valence-corrected chi connectivity index (χ0v) is 10.9. The molecule has 0 saturated heterocycles. The summed E-state index contributed by atoms with van der Waals surface area (Å²) in [5, 5.41) is 4.04. The Morgan fingerprint density at radius 2 is 2.11 bits per heavy atom. The summed E-state index contributed by atoms with van der Waals surface area (Å²) in [6, 6.07) is 0. The molecule has 0 bridgehead atoms. The smallest absolute Gasteiger partial charge is 0.252 e. The molecule has 0 atom stereocenters. The van der Waals surface area contributed by atoms with Gasteiger partial charge in [0.25, 0.3) is 5.89 Å². The second kappa shape index (κ2) is 6.26. The van der Waals surface area contributed by atoms with Crippen molar-refractivity contribution in [3.8, 4) is 0 Å². The fourth-order valence-corrected chi connectivity index (χ4v) is 2.38. The lowest BCUT2D eigenvalue weighted by atomic mass is 9.84. The molecule has 1 aromatic heterocycles. The monoisotopic (exact) mass is 255 g/mol. The highest BCUT2D eigenvalue weighted by atomic mass is 16.5. The van der Waals surface area contributed by atoms with Crippen LogP contribution in [-0.2, 0) is 21.7 Å². The van der Waals surface area contributed by atoms with Gasteiger partial charge in [0, 0.05) is 13.7 Å². The third-order valence-electron chi connectivity index (χ3n) is 3.42. The summed E-state index contributed by atoms with van der Waals surface area (Å²) in [7, 11) is 1.71. The van der Waals surface area contributed by atoms with Crippen LogP contribution in [0.3, 0.4) is 0 Å². The van der Waals surface area contributed by atoms with Gasteiger partial charge in [0.15, 0.2) is 0 Å². The van der Waals surface area contributed by atoms with Crippen LogP contribution in [0.4, 0.5) is 0 Å². The molecule has 0 aromatic carbocycles. The van der Waals surface area contributed by atoms with Gasteiger partial charge >= 0.3 is 0 Å². The van der Waals surface area contributed by atoms with E-state index in [2.05, 4.69) is 10.1 Å². The van der Waals surface area contributed by atoms with Crippen LogP contribution in [0.25, 0.3) is 0 Å². The standard InChI is InChI=1S/C12H21N3O3/c1-16-12(5-3-2-4-6-12)11-14-10(18-15-11)9-17-8-7-13/h2-9,13H2,1H3. The van der Waals surface area contributed by atoms with E-state index in [0.717, 1.165) is 25.7 Å². The van der Waals surface area contributed by atoms with E-state index in [1.807, 2.05) is 0 Å². The fraction of sp³-hybridized carbons (Fsp3) is 0.833. The molecule has 1 aliphatic carbocycles. The van der Waals surface area contributed by atoms with Gasteiger partial charge in [0.1, 0.15) is 12.2 Å². The van der Waals surface area contributed by atoms with Crippen molar-refractivity contribution in [3.63, 3.8) is 0 Å². The predicted molar refractivity (Wildman–Crippen MR) is 64.8 cm³/mol. The number of ether oxygens (including phenoxy) is 2. The van der Waals surface area contributed by atoms with Gasteiger partial charge in [-0.15, -0.1) is 0 Å². The van der Waals surface area contributed by atoms with Crippen LogP contribution in [-0.4, -0.2) is 30.4 Å². The molecule has 102 valence electrons. The molecule has 1 saturated carbocycles. The molecular formula is C12H21N3O3. The Labute approximate surface area is 107 Å². The first kappa shape index (κ1) is 13.5. The minimum atomic E-state index is -0.367. The molecule has 0 spiro atoms. The molecule has 0 radical (unpaired) electrons. The van der Waals surface area contributed by atoms with Crippen LogP contribution < -0.4 is 5.73 Å². The van der Waals surface area contributed by atoms with Crippen molar-refractivity contribution in [2.75, 3.05) is 20.3 Å². The van der Waals surface area contributed by atoms with Crippen molar-refractivity contribution in [1.29, 1.82) is 0 Å². The largest absolute Gasteiger partial charge is 0.370 e. The summed E-state index contributed by atoms with van der Waals surface area (Å²) in [6.07, 6.45) is 5.43. The summed E-state index contributed by atoms with van der Waals surface area (Å²) in [6.45, 7) is 1.29. The molecule has 1 heterocycles. The summed E-state index contributed by atoms with van der Waals surface area (Å²) >= 11 is 0. The number of hydrogen-bond acceptors (Lipinski definition) is 6. The van der Waals surface area contributed by atoms with Crippen molar-refractivity contribution in [2.45, 2.75) is 44.3 Å². The Bertz CT molecular complexity index is 361. The number of nitrogens with two attached hydrogens (primary N) is 1. The molecule has 18 heavy (non-hydrogen) atoms. The lowest BCUT2D eigenvalue weighted by Crippen LogP contribution is -2.32. The highest BCUT2D eigenvalue weighted by Crippen LogP contribution is 2.38. The maximum Gasteiger partial charge on any atom is 0.252 e. The topological polar surface area (TPSA) is 83.4 Å². The van der Waals surface area contributed by atoms with Crippen molar-refractivity contribution in [2.24, 2.45) is 5.73 Å². The van der Waals surface area contributed by atoms with Crippen LogP contribution in [0.1, 0.15) is 43.8 Å². The average Bonchev–Trinajstić information content (AvgIpc) is 2.89. The maximum absolute atomic E-state index is 5.66. The molecule has 1 fully saturated rings. The number of nitrogens with zero attached hydrogens (tertiary/aromatic N) is 2. The molecule has 2 N–H and O–H groups in total. The number of aromatic nitrogens is 2. The second-order valence-electron chi connectivity index (χ2n) is 4.61. The Morgan fingerprint density at radius 3 is 2.78 bits per heavy atom. The minimum absolute atomic E-state index is 0.310. The van der Waals surface area contributed by atoms with Crippen LogP contribution in [0.5, 0.6) is 0 Å². The first-order chi connectivity index (χ1) is 8.80. The van der Waals surface area contributed by atoms with Gasteiger partial charge in [-0.1, -0.05) is 24.4 Å². The van der Waals surface area contributed by atoms with Crippen molar-refractivity contribution in [3.05, 3.63) is 11.7 Å². The number of methoxy groups -OCH3 is 1. The molecule has 6 nitrogen and oxygen atoms in total. The maximum atomic E-state index is 5.66. The summed E-state index contributed by atoms with van der Waals surface area (Å²) < 4.78 is 16.1. The van der Waals surface area contributed by atoms with E-state index in [-0.39, 0.29) is 5.60 Å². The first-order valence-corrected chi connectivity index (χ1v) is 6.47. The lowest BCUT2D eigenvalue weighted by Gasteiger charge is -2.32. The van der Waals surface area contributed by atoms with E-state index in [9.17, 15) is 0 Å². The van der Waals surface area contributed by atoms with Crippen LogP contribution in [0.2, 0.25) is 0 Å². The number of rotatable bonds is 6. The third-order valence-corrected chi connectivity index (χ3v) is 3.42. The average molecular weight is 255 g/mol. The molecule has 0 aliphatic heterocycles. The van der Waals surface area contributed by atoms with E-state index < -0.39 is 0 Å². The van der Waals surface area contributed by atoms with Crippen LogP contribution >= 0.6 is 0 Å². The Kier molecular flexibility index (Phi) is 4.68. The van der Waals surface area contributed by atoms with Gasteiger partial charge in [-0.25, -0.2) is 0 Å². The van der Waals surface area contributed by atoms with Gasteiger partial charge in [0.05, 0.1) is 6.61 Å². The fourth-order valence-electron chi connectivity index (χ4n) is 2.38. The Balaban J connectivity index is 2.02. The summed E-state index contributed by atoms with van der Waals surface area (Å²) in [5.74, 6) is 1.14. The molecule has 0 amide bonds. The third kappa shape index (κ3) is 2.88. The Morgan fingerprint density at radius 1 is 1.33 bits per heavy atom. The first-order valence-electron chi connectivity index (χ1n) is 6.47. The van der Waals surface area contributed by atoms with Gasteiger partial charge in [0.2, 0.25) is 5.82 Å². The lowest BCUT2D eigenvalue weighted by molar-refractivity contribution is -0.0527. The molecule has 6 heteroatoms. The zero-order chi connectivity index (χ0) is 12.8. The summed E-state index contributed by atoms with van der Waals surface area (Å²) in [5.41, 5.74) is 4.98. The van der Waals surface area contributed by atoms with Gasteiger partial charge in [-0.3, -0.25) is 0 Å². The normalized spacial score (nSPS) is 19.0. The highest BCUT2D eigenvalue weighted by Gasteiger charge is 2.38. The quantitative estimate of drug-likeness (QED) is 0.772. The van der Waals surface area contributed by atoms with Crippen LogP contribution in [0.15, 0.2) is 4.52 Å². The predicted octanol–water partition coefficient (Wildman–Crippen LogP) is 1.35. The SMILES string of the molecule is COC1(c2noc(COCCN)n2)CCCCC1. The van der Waals surface area contributed by atoms with Gasteiger partial charge in [-0.05, 0) is 12.8 Å². The number of hydrogen-bond donors (Lipinski definition) is 1. The molecular weight excluding hydrogens is 234 g/mol. The molecule has 1 aromatic rings. The molecule has 2 rings (SSSR count). The van der Waals surface area contributed by atoms with Crippen molar-refractivity contribution in [1.82, 2.24) is 10.1 Å². The zero-order valence-electron chi connectivity index (χ0n) is 10.9. The minimum Gasteiger partial charge on any atom is -0.370 e. The molecule has 0 unspecified atom stereocenters. The van der Waals surface area contributed by atoms with E-state index in [0.29, 0.717) is 31.5 Å². The van der Waals surface area contributed by atoms with Crippen molar-refractivity contribution >= 4 is 0 Å². The van der Waals surface area contributed by atoms with Gasteiger partial charge in [-0.2, -0.15) is 4.98 Å². The van der Waals surface area contributed by atoms with E-state index in [4.69, 9.17) is 19.7 Å². The van der Waals surface area contributed by atoms with E-state index >= 15 is 0 Å². The van der Waals surface area contributed by atoms with Crippen molar-refractivity contribution < 1.29 is 14.0 Å².